The van der Waals surface area contributed by atoms with E-state index in [4.69, 9.17) is 19.4 Å². The van der Waals surface area contributed by atoms with Crippen molar-refractivity contribution in [2.24, 2.45) is 0 Å². The van der Waals surface area contributed by atoms with Crippen molar-refractivity contribution in [1.29, 1.82) is 0 Å². The maximum Gasteiger partial charge on any atom is 2.00 e. The van der Waals surface area contributed by atoms with Gasteiger partial charge in [-0.15, -0.1) is 71.8 Å². The molecule has 0 atom stereocenters. The van der Waals surface area contributed by atoms with E-state index < -0.39 is 0 Å². The molecule has 0 aliphatic carbocycles. The van der Waals surface area contributed by atoms with Gasteiger partial charge in [0.25, 0.3) is 0 Å². The van der Waals surface area contributed by atoms with Gasteiger partial charge >= 0.3 is 40.8 Å². The fourth-order valence-corrected chi connectivity index (χ4v) is 7.24. The summed E-state index contributed by atoms with van der Waals surface area (Å²) in [5, 5.41) is 1.88. The smallest absolute Gasteiger partial charge is 0.503 e. The molecule has 288 valence electrons. The summed E-state index contributed by atoms with van der Waals surface area (Å²) < 4.78 is 14.7. The molecule has 5 aromatic carbocycles. The number of nitrogens with zero attached hydrogens (tertiary/aromatic N) is 5. The van der Waals surface area contributed by atoms with Crippen LogP contribution in [0, 0.1) is 58.9 Å². The Bertz CT molecular complexity index is 2740. The van der Waals surface area contributed by atoms with Gasteiger partial charge in [0, 0.05) is 53.3 Å². The zero-order valence-corrected chi connectivity index (χ0v) is 35.3. The number of benzene rings is 5. The summed E-state index contributed by atoms with van der Waals surface area (Å²) in [5.74, 6) is 2.60. The van der Waals surface area contributed by atoms with Crippen LogP contribution in [0.4, 0.5) is 0 Å². The molecule has 9 rings (SSSR count). The van der Waals surface area contributed by atoms with Crippen molar-refractivity contribution in [3.8, 4) is 62.6 Å². The van der Waals surface area contributed by atoms with Crippen molar-refractivity contribution >= 4 is 21.8 Å². The first-order valence-electron chi connectivity index (χ1n) is 18.4. The molecule has 0 unspecified atom stereocenters. The average molecular weight is 939 g/mol. The summed E-state index contributed by atoms with van der Waals surface area (Å²) in [6.07, 6.45) is 7.34. The van der Waals surface area contributed by atoms with Crippen molar-refractivity contribution in [3.63, 3.8) is 0 Å². The quantitative estimate of drug-likeness (QED) is 0.112. The molecule has 7 nitrogen and oxygen atoms in total. The van der Waals surface area contributed by atoms with Crippen molar-refractivity contribution in [3.05, 3.63) is 174 Å². The first kappa shape index (κ1) is 40.4. The van der Waals surface area contributed by atoms with Gasteiger partial charge in [0.15, 0.2) is 0 Å². The Morgan fingerprint density at radius 1 is 0.448 bits per heavy atom. The van der Waals surface area contributed by atoms with Gasteiger partial charge in [-0.3, -0.25) is 0 Å². The third kappa shape index (κ3) is 7.63. The van der Waals surface area contributed by atoms with E-state index in [0.29, 0.717) is 28.9 Å². The first-order valence-corrected chi connectivity index (χ1v) is 18.4. The number of aromatic nitrogens is 5. The SMILES string of the molecule is Cc1c(C)c(C)c(-c2cnc(-n3c4[c-]c(Oc5[c-]c(-c6ccccn6)ccc5)ccc4c4ccc(Oc5[c-]c(-c6ccccn6)ccc5)[c-]c43)nc2)c(C)c1C.[Pd+2].[Pd+2]. The molecule has 4 heterocycles. The molecule has 0 aliphatic heterocycles. The third-order valence-electron chi connectivity index (χ3n) is 10.5. The van der Waals surface area contributed by atoms with Gasteiger partial charge in [0.05, 0.1) is 0 Å². The molecule has 9 aromatic rings. The van der Waals surface area contributed by atoms with Gasteiger partial charge < -0.3 is 24.0 Å². The van der Waals surface area contributed by atoms with Crippen LogP contribution < -0.4 is 9.47 Å². The number of hydrogen-bond donors (Lipinski definition) is 0. The second kappa shape index (κ2) is 17.0. The number of fused-ring (bicyclic) bond motifs is 3. The molecular weight excluding hydrogens is 903 g/mol. The maximum atomic E-state index is 6.38. The molecule has 0 spiro atoms. The van der Waals surface area contributed by atoms with Crippen LogP contribution in [-0.2, 0) is 40.8 Å². The molecule has 0 saturated carbocycles. The number of hydrogen-bond acceptors (Lipinski definition) is 6. The molecule has 0 fully saturated rings. The minimum Gasteiger partial charge on any atom is -0.503 e. The van der Waals surface area contributed by atoms with E-state index in [2.05, 4.69) is 68.9 Å². The van der Waals surface area contributed by atoms with Crippen LogP contribution in [0.25, 0.3) is 61.4 Å². The Labute approximate surface area is 365 Å². The largest absolute Gasteiger partial charge is 2.00 e. The van der Waals surface area contributed by atoms with Gasteiger partial charge in [-0.25, -0.2) is 9.97 Å². The molecule has 0 aliphatic rings. The summed E-state index contributed by atoms with van der Waals surface area (Å²) in [7, 11) is 0. The predicted molar refractivity (Wildman–Crippen MR) is 220 cm³/mol. The fourth-order valence-electron chi connectivity index (χ4n) is 7.24. The van der Waals surface area contributed by atoms with Gasteiger partial charge in [-0.1, -0.05) is 47.4 Å². The second-order valence-corrected chi connectivity index (χ2v) is 13.8. The monoisotopic (exact) mass is 937 g/mol. The molecule has 0 saturated heterocycles. The van der Waals surface area contributed by atoms with Gasteiger partial charge in [0.2, 0.25) is 5.95 Å². The van der Waals surface area contributed by atoms with Crippen LogP contribution in [0.3, 0.4) is 0 Å². The fraction of sp³-hybridized carbons (Fsp3) is 0.102. The zero-order valence-electron chi connectivity index (χ0n) is 32.2. The summed E-state index contributed by atoms with van der Waals surface area (Å²) in [4.78, 5) is 18.9. The summed E-state index contributed by atoms with van der Waals surface area (Å²) >= 11 is 0. The molecule has 0 radical (unpaired) electrons. The van der Waals surface area contributed by atoms with Crippen LogP contribution in [0.2, 0.25) is 0 Å². The number of pyridine rings is 2. The van der Waals surface area contributed by atoms with E-state index in [9.17, 15) is 0 Å². The van der Waals surface area contributed by atoms with E-state index in [1.54, 1.807) is 12.4 Å². The normalized spacial score (nSPS) is 10.9. The van der Waals surface area contributed by atoms with Crippen molar-refractivity contribution < 1.29 is 50.3 Å². The summed E-state index contributed by atoms with van der Waals surface area (Å²) in [5.41, 5.74) is 13.2. The molecule has 0 N–H and O–H groups in total. The molecule has 0 amide bonds. The van der Waals surface area contributed by atoms with Crippen LogP contribution in [0.5, 0.6) is 23.0 Å². The van der Waals surface area contributed by atoms with E-state index in [-0.39, 0.29) is 40.8 Å². The molecule has 58 heavy (non-hydrogen) atoms. The van der Waals surface area contributed by atoms with Crippen LogP contribution >= 0.6 is 0 Å². The third-order valence-corrected chi connectivity index (χ3v) is 10.5. The molecular formula is C49H35N5O2Pd2. The molecule has 4 aromatic heterocycles. The maximum absolute atomic E-state index is 6.38. The Hall–Kier alpha value is -5.80. The number of ether oxygens (including phenoxy) is 2. The Morgan fingerprint density at radius 3 is 1.34 bits per heavy atom. The Morgan fingerprint density at radius 2 is 0.897 bits per heavy atom. The summed E-state index contributed by atoms with van der Waals surface area (Å²) in [6, 6.07) is 44.7. The number of rotatable bonds is 8. The van der Waals surface area contributed by atoms with Crippen LogP contribution in [-0.4, -0.2) is 24.5 Å². The Kier molecular flexibility index (Phi) is 11.8. The van der Waals surface area contributed by atoms with Crippen LogP contribution in [0.15, 0.2) is 122 Å². The van der Waals surface area contributed by atoms with Crippen LogP contribution in [0.1, 0.15) is 27.8 Å². The molecule has 9 heteroatoms. The summed E-state index contributed by atoms with van der Waals surface area (Å²) in [6.45, 7) is 10.9. The zero-order chi connectivity index (χ0) is 38.3. The minimum atomic E-state index is 0. The van der Waals surface area contributed by atoms with Gasteiger partial charge in [0.1, 0.15) is 0 Å². The van der Waals surface area contributed by atoms with E-state index >= 15 is 0 Å². The first-order chi connectivity index (χ1) is 27.3. The van der Waals surface area contributed by atoms with E-state index in [1.165, 1.54) is 27.8 Å². The van der Waals surface area contributed by atoms with Gasteiger partial charge in [-0.2, -0.15) is 22.9 Å². The minimum absolute atomic E-state index is 0. The van der Waals surface area contributed by atoms with Crippen molar-refractivity contribution in [2.75, 3.05) is 0 Å². The Balaban J connectivity index is 0.00000256. The van der Waals surface area contributed by atoms with E-state index in [0.717, 1.165) is 55.4 Å². The standard InChI is InChI=1S/C49H35N5O2.2Pd/c1-30-31(2)33(4)48(34(5)32(30)3)37-28-52-49(53-29-37)54-46-26-40(55-38-14-10-12-35(24-38)44-16-6-8-22-50-44)18-20-42(46)43-21-19-41(27-47(43)54)56-39-15-11-13-36(25-39)45-17-7-9-23-51-45;;/h6-23,28-29H,1-5H3;;/q-4;2*+2. The average Bonchev–Trinajstić information content (AvgIpc) is 3.56. The van der Waals surface area contributed by atoms with Crippen molar-refractivity contribution in [1.82, 2.24) is 24.5 Å². The molecule has 0 bridgehead atoms. The predicted octanol–water partition coefficient (Wildman–Crippen LogP) is 11.7. The topological polar surface area (TPSA) is 75.0 Å². The van der Waals surface area contributed by atoms with Crippen molar-refractivity contribution in [2.45, 2.75) is 34.6 Å². The van der Waals surface area contributed by atoms with Gasteiger partial charge in [-0.05, 0) is 91.5 Å². The second-order valence-electron chi connectivity index (χ2n) is 13.8. The van der Waals surface area contributed by atoms with E-state index in [1.807, 2.05) is 114 Å².